The zero-order chi connectivity index (χ0) is 12.3. The van der Waals surface area contributed by atoms with E-state index in [0.29, 0.717) is 21.2 Å². The molecule has 0 bridgehead atoms. The summed E-state index contributed by atoms with van der Waals surface area (Å²) in [5.41, 5.74) is 1.12. The Morgan fingerprint density at radius 2 is 1.71 bits per heavy atom. The van der Waals surface area contributed by atoms with Crippen LogP contribution >= 0.6 is 24.2 Å². The maximum atomic E-state index is 12.0. The van der Waals surface area contributed by atoms with E-state index in [9.17, 15) is 4.79 Å². The topological polar surface area (TPSA) is 29.1 Å². The van der Waals surface area contributed by atoms with Crippen molar-refractivity contribution in [2.45, 2.75) is 4.90 Å². The second kappa shape index (κ2) is 5.25. The smallest absolute Gasteiger partial charge is 0.256 e. The third kappa shape index (κ3) is 2.81. The van der Waals surface area contributed by atoms with Gasteiger partial charge in [-0.2, -0.15) is 0 Å². The molecule has 17 heavy (non-hydrogen) atoms. The van der Waals surface area contributed by atoms with Gasteiger partial charge in [0.1, 0.15) is 0 Å². The number of carbonyl (C=O) groups is 1. The van der Waals surface area contributed by atoms with Crippen LogP contribution in [0.1, 0.15) is 10.4 Å². The van der Waals surface area contributed by atoms with Crippen LogP contribution in [0.3, 0.4) is 0 Å². The summed E-state index contributed by atoms with van der Waals surface area (Å²) in [6.07, 6.45) is 0. The first kappa shape index (κ1) is 12.0. The Hall–Kier alpha value is -1.45. The predicted molar refractivity (Wildman–Crippen MR) is 73.1 cm³/mol. The van der Waals surface area contributed by atoms with Gasteiger partial charge in [0.2, 0.25) is 0 Å². The fourth-order valence-electron chi connectivity index (χ4n) is 1.42. The van der Waals surface area contributed by atoms with Gasteiger partial charge in [0, 0.05) is 4.90 Å². The highest BCUT2D eigenvalue weighted by atomic mass is 35.5. The third-order valence-electron chi connectivity index (χ3n) is 2.27. The molecule has 0 radical (unpaired) electrons. The Balaban J connectivity index is 2.24. The summed E-state index contributed by atoms with van der Waals surface area (Å²) in [5.74, 6) is -0.219. The molecule has 86 valence electrons. The average Bonchev–Trinajstić information content (AvgIpc) is 2.32. The second-order valence-corrected chi connectivity index (χ2v) is 4.34. The first-order valence-corrected chi connectivity index (χ1v) is 5.85. The van der Waals surface area contributed by atoms with Crippen LogP contribution in [-0.4, -0.2) is 5.91 Å². The fourth-order valence-corrected chi connectivity index (χ4v) is 1.86. The van der Waals surface area contributed by atoms with E-state index in [1.807, 2.05) is 18.2 Å². The van der Waals surface area contributed by atoms with Gasteiger partial charge in [-0.25, -0.2) is 0 Å². The Kier molecular flexibility index (Phi) is 3.71. The van der Waals surface area contributed by atoms with Crippen LogP contribution in [0.4, 0.5) is 5.69 Å². The maximum absolute atomic E-state index is 12.0. The predicted octanol–water partition coefficient (Wildman–Crippen LogP) is 3.88. The Bertz CT molecular complexity index is 557. The molecule has 0 aliphatic rings. The minimum absolute atomic E-state index is 0.219. The van der Waals surface area contributed by atoms with Gasteiger partial charge in [0.25, 0.3) is 5.91 Å². The summed E-state index contributed by atoms with van der Waals surface area (Å²) < 4.78 is 0. The van der Waals surface area contributed by atoms with Crippen LogP contribution in [0.2, 0.25) is 5.02 Å². The number of anilines is 1. The molecule has 1 amide bonds. The molecular weight excluding hydrogens is 254 g/mol. The molecule has 0 heterocycles. The van der Waals surface area contributed by atoms with Crippen LogP contribution in [-0.2, 0) is 0 Å². The lowest BCUT2D eigenvalue weighted by atomic mass is 10.2. The van der Waals surface area contributed by atoms with Crippen molar-refractivity contribution in [2.75, 3.05) is 5.32 Å². The van der Waals surface area contributed by atoms with Crippen molar-refractivity contribution in [2.24, 2.45) is 0 Å². The van der Waals surface area contributed by atoms with Crippen molar-refractivity contribution >= 4 is 35.8 Å². The lowest BCUT2D eigenvalue weighted by Crippen LogP contribution is -2.12. The summed E-state index contributed by atoms with van der Waals surface area (Å²) in [4.78, 5) is 12.6. The second-order valence-electron chi connectivity index (χ2n) is 3.45. The monoisotopic (exact) mass is 263 g/mol. The van der Waals surface area contributed by atoms with E-state index in [1.54, 1.807) is 30.3 Å². The molecule has 0 aliphatic carbocycles. The molecule has 2 aromatic rings. The molecule has 0 spiro atoms. The van der Waals surface area contributed by atoms with E-state index in [-0.39, 0.29) is 5.91 Å². The summed E-state index contributed by atoms with van der Waals surface area (Å²) in [6.45, 7) is 0. The number of carbonyl (C=O) groups excluding carboxylic acids is 1. The van der Waals surface area contributed by atoms with E-state index in [2.05, 4.69) is 17.9 Å². The van der Waals surface area contributed by atoms with Gasteiger partial charge >= 0.3 is 0 Å². The van der Waals surface area contributed by atoms with E-state index in [1.165, 1.54) is 0 Å². The Morgan fingerprint density at radius 1 is 1.06 bits per heavy atom. The summed E-state index contributed by atoms with van der Waals surface area (Å²) in [5, 5.41) is 3.26. The van der Waals surface area contributed by atoms with Crippen LogP contribution in [0.15, 0.2) is 53.4 Å². The zero-order valence-corrected chi connectivity index (χ0v) is 10.5. The molecule has 2 rings (SSSR count). The average molecular weight is 264 g/mol. The maximum Gasteiger partial charge on any atom is 0.256 e. The summed E-state index contributed by atoms with van der Waals surface area (Å²) in [7, 11) is 0. The van der Waals surface area contributed by atoms with Gasteiger partial charge in [-0.3, -0.25) is 4.79 Å². The molecule has 0 saturated heterocycles. The van der Waals surface area contributed by atoms with E-state index < -0.39 is 0 Å². The summed E-state index contributed by atoms with van der Waals surface area (Å²) >= 11 is 10.2. The number of para-hydroxylation sites is 1. The van der Waals surface area contributed by atoms with Crippen LogP contribution in [0, 0.1) is 0 Å². The molecule has 4 heteroatoms. The first-order chi connectivity index (χ1) is 8.18. The van der Waals surface area contributed by atoms with Crippen LogP contribution < -0.4 is 5.32 Å². The highest BCUT2D eigenvalue weighted by Gasteiger charge is 2.10. The molecule has 2 nitrogen and oxygen atoms in total. The quantitative estimate of drug-likeness (QED) is 0.791. The Morgan fingerprint density at radius 3 is 2.41 bits per heavy atom. The molecule has 0 aliphatic heterocycles. The SMILES string of the molecule is O=C(Nc1ccccc1Cl)c1ccccc1S. The van der Waals surface area contributed by atoms with Crippen molar-refractivity contribution in [1.29, 1.82) is 0 Å². The van der Waals surface area contributed by atoms with Gasteiger partial charge in [0.15, 0.2) is 0 Å². The van der Waals surface area contributed by atoms with E-state index in [0.717, 1.165) is 0 Å². The van der Waals surface area contributed by atoms with Crippen molar-refractivity contribution in [3.63, 3.8) is 0 Å². The van der Waals surface area contributed by atoms with E-state index >= 15 is 0 Å². The molecule has 0 saturated carbocycles. The standard InChI is InChI=1S/C13H10ClNOS/c14-10-6-2-3-7-11(10)15-13(16)9-5-1-4-8-12(9)17/h1-8,17H,(H,15,16). The zero-order valence-electron chi connectivity index (χ0n) is 8.85. The molecular formula is C13H10ClNOS. The number of amides is 1. The third-order valence-corrected chi connectivity index (χ3v) is 2.99. The fraction of sp³-hybridized carbons (Fsp3) is 0. The minimum Gasteiger partial charge on any atom is -0.321 e. The molecule has 0 atom stereocenters. The molecule has 1 N–H and O–H groups in total. The van der Waals surface area contributed by atoms with Crippen LogP contribution in [0.5, 0.6) is 0 Å². The molecule has 0 aromatic heterocycles. The van der Waals surface area contributed by atoms with Crippen molar-refractivity contribution < 1.29 is 4.79 Å². The normalized spacial score (nSPS) is 10.0. The largest absolute Gasteiger partial charge is 0.321 e. The number of thiol groups is 1. The number of hydrogen-bond acceptors (Lipinski definition) is 2. The first-order valence-electron chi connectivity index (χ1n) is 5.02. The Labute approximate surface area is 110 Å². The van der Waals surface area contributed by atoms with Crippen molar-refractivity contribution in [3.8, 4) is 0 Å². The number of rotatable bonds is 2. The van der Waals surface area contributed by atoms with Gasteiger partial charge < -0.3 is 5.32 Å². The minimum atomic E-state index is -0.219. The molecule has 0 unspecified atom stereocenters. The van der Waals surface area contributed by atoms with Crippen molar-refractivity contribution in [1.82, 2.24) is 0 Å². The highest BCUT2D eigenvalue weighted by Crippen LogP contribution is 2.22. The van der Waals surface area contributed by atoms with Gasteiger partial charge in [-0.15, -0.1) is 12.6 Å². The number of hydrogen-bond donors (Lipinski definition) is 2. The van der Waals surface area contributed by atoms with Crippen molar-refractivity contribution in [3.05, 3.63) is 59.1 Å². The lowest BCUT2D eigenvalue weighted by molar-refractivity contribution is 0.102. The number of nitrogens with one attached hydrogen (secondary N) is 1. The van der Waals surface area contributed by atoms with E-state index in [4.69, 9.17) is 11.6 Å². The van der Waals surface area contributed by atoms with Gasteiger partial charge in [-0.05, 0) is 24.3 Å². The summed E-state index contributed by atoms with van der Waals surface area (Å²) in [6, 6.07) is 14.2. The molecule has 2 aromatic carbocycles. The number of benzene rings is 2. The van der Waals surface area contributed by atoms with Gasteiger partial charge in [-0.1, -0.05) is 35.9 Å². The number of halogens is 1. The van der Waals surface area contributed by atoms with Crippen LogP contribution in [0.25, 0.3) is 0 Å². The highest BCUT2D eigenvalue weighted by molar-refractivity contribution is 7.80. The van der Waals surface area contributed by atoms with Gasteiger partial charge in [0.05, 0.1) is 16.3 Å². The lowest BCUT2D eigenvalue weighted by Gasteiger charge is -2.08. The molecule has 0 fully saturated rings.